The molecule has 0 amide bonds. The molecule has 0 atom stereocenters. The first-order valence-corrected chi connectivity index (χ1v) is 6.53. The third kappa shape index (κ3) is 1.87. The summed E-state index contributed by atoms with van der Waals surface area (Å²) in [6.45, 7) is 2.00. The summed E-state index contributed by atoms with van der Waals surface area (Å²) in [5.74, 6) is 0.0267. The number of benzene rings is 2. The number of rotatable bonds is 1. The molecule has 0 saturated carbocycles. The van der Waals surface area contributed by atoms with Crippen molar-refractivity contribution in [1.82, 2.24) is 0 Å². The molecule has 1 aliphatic rings. The van der Waals surface area contributed by atoms with Gasteiger partial charge in [0.1, 0.15) is 5.04 Å². The molecule has 3 heteroatoms. The van der Waals surface area contributed by atoms with Gasteiger partial charge in [-0.2, -0.15) is 0 Å². The average Bonchev–Trinajstić information content (AvgIpc) is 2.70. The van der Waals surface area contributed by atoms with Crippen LogP contribution in [0.25, 0.3) is 0 Å². The fourth-order valence-electron chi connectivity index (χ4n) is 1.88. The summed E-state index contributed by atoms with van der Waals surface area (Å²) in [4.78, 5) is 17.6. The molecule has 0 unspecified atom stereocenters. The monoisotopic (exact) mass is 253 g/mol. The van der Waals surface area contributed by atoms with Crippen LogP contribution in [0, 0.1) is 6.92 Å². The summed E-state index contributed by atoms with van der Waals surface area (Å²) in [6, 6.07) is 15.5. The average molecular weight is 253 g/mol. The normalized spacial score (nSPS) is 16.1. The highest BCUT2D eigenvalue weighted by Gasteiger charge is 2.26. The smallest absolute Gasteiger partial charge is 0.219 e. The second kappa shape index (κ2) is 4.42. The van der Waals surface area contributed by atoms with Crippen LogP contribution in [0.1, 0.15) is 15.9 Å². The summed E-state index contributed by atoms with van der Waals surface area (Å²) in [7, 11) is 0. The van der Waals surface area contributed by atoms with Gasteiger partial charge in [0.2, 0.25) is 5.78 Å². The fraction of sp³-hybridized carbons (Fsp3) is 0.0667. The highest BCUT2D eigenvalue weighted by Crippen LogP contribution is 2.34. The molecule has 0 saturated heterocycles. The second-order valence-electron chi connectivity index (χ2n) is 4.13. The first-order chi connectivity index (χ1) is 8.75. The SMILES string of the molecule is Cc1ccccc1N=C1Sc2ccccc2C1=O. The largest absolute Gasteiger partial charge is 0.286 e. The molecule has 1 heterocycles. The predicted octanol–water partition coefficient (Wildman–Crippen LogP) is 4.01. The first kappa shape index (κ1) is 11.2. The molecule has 2 aromatic rings. The maximum atomic E-state index is 12.2. The third-order valence-corrected chi connectivity index (χ3v) is 3.92. The lowest BCUT2D eigenvalue weighted by molar-refractivity contribution is 0.106. The van der Waals surface area contributed by atoms with E-state index < -0.39 is 0 Å². The van der Waals surface area contributed by atoms with Gasteiger partial charge in [0.15, 0.2) is 0 Å². The maximum absolute atomic E-state index is 12.2. The summed E-state index contributed by atoms with van der Waals surface area (Å²) in [6.07, 6.45) is 0. The fourth-order valence-corrected chi connectivity index (χ4v) is 2.85. The zero-order valence-electron chi connectivity index (χ0n) is 9.88. The first-order valence-electron chi connectivity index (χ1n) is 5.71. The van der Waals surface area contributed by atoms with Crippen molar-refractivity contribution in [2.45, 2.75) is 11.8 Å². The Labute approximate surface area is 110 Å². The van der Waals surface area contributed by atoms with Crippen molar-refractivity contribution in [3.63, 3.8) is 0 Å². The summed E-state index contributed by atoms with van der Waals surface area (Å²) >= 11 is 1.45. The van der Waals surface area contributed by atoms with Crippen molar-refractivity contribution in [3.8, 4) is 0 Å². The molecule has 0 N–H and O–H groups in total. The standard InChI is InChI=1S/C15H11NOS/c1-10-6-2-4-8-12(10)16-15-14(17)11-7-3-5-9-13(11)18-15/h2-9H,1H3. The Bertz CT molecular complexity index is 661. The number of aliphatic imine (C=N–C) groups is 1. The van der Waals surface area contributed by atoms with Crippen LogP contribution in [-0.4, -0.2) is 10.8 Å². The van der Waals surface area contributed by atoms with Gasteiger partial charge in [-0.05, 0) is 30.7 Å². The van der Waals surface area contributed by atoms with Crippen molar-refractivity contribution in [1.29, 1.82) is 0 Å². The molecule has 3 rings (SSSR count). The number of hydrogen-bond acceptors (Lipinski definition) is 3. The number of Topliss-reactive ketones (excluding diaryl/α,β-unsaturated/α-hetero) is 1. The number of hydrogen-bond donors (Lipinski definition) is 0. The molecule has 0 radical (unpaired) electrons. The van der Waals surface area contributed by atoms with Crippen LogP contribution >= 0.6 is 11.8 Å². The molecular weight excluding hydrogens is 242 g/mol. The van der Waals surface area contributed by atoms with Crippen LogP contribution in [-0.2, 0) is 0 Å². The molecule has 0 aromatic heterocycles. The zero-order valence-corrected chi connectivity index (χ0v) is 10.7. The van der Waals surface area contributed by atoms with E-state index in [1.165, 1.54) is 11.8 Å². The van der Waals surface area contributed by atoms with Gasteiger partial charge in [-0.1, -0.05) is 42.1 Å². The molecule has 88 valence electrons. The van der Waals surface area contributed by atoms with Crippen LogP contribution in [0.2, 0.25) is 0 Å². The van der Waals surface area contributed by atoms with E-state index in [4.69, 9.17) is 0 Å². The molecule has 0 fully saturated rings. The number of aryl methyl sites for hydroxylation is 1. The Morgan fingerprint density at radius 3 is 2.50 bits per heavy atom. The zero-order chi connectivity index (χ0) is 12.5. The van der Waals surface area contributed by atoms with Gasteiger partial charge >= 0.3 is 0 Å². The van der Waals surface area contributed by atoms with E-state index in [-0.39, 0.29) is 5.78 Å². The van der Waals surface area contributed by atoms with Crippen molar-refractivity contribution in [2.75, 3.05) is 0 Å². The molecule has 2 nitrogen and oxygen atoms in total. The van der Waals surface area contributed by atoms with Gasteiger partial charge in [-0.3, -0.25) is 4.79 Å². The molecule has 0 spiro atoms. The van der Waals surface area contributed by atoms with Crippen LogP contribution in [0.15, 0.2) is 58.4 Å². The number of carbonyl (C=O) groups is 1. The summed E-state index contributed by atoms with van der Waals surface area (Å²) < 4.78 is 0. The Balaban J connectivity index is 2.02. The van der Waals surface area contributed by atoms with Gasteiger partial charge < -0.3 is 0 Å². The molecule has 2 aromatic carbocycles. The lowest BCUT2D eigenvalue weighted by atomic mass is 10.1. The van der Waals surface area contributed by atoms with E-state index >= 15 is 0 Å². The van der Waals surface area contributed by atoms with Crippen LogP contribution in [0.5, 0.6) is 0 Å². The number of ketones is 1. The lowest BCUT2D eigenvalue weighted by Crippen LogP contribution is -2.03. The Morgan fingerprint density at radius 1 is 1.00 bits per heavy atom. The van der Waals surface area contributed by atoms with E-state index in [1.807, 2.05) is 55.5 Å². The number of carbonyl (C=O) groups excluding carboxylic acids is 1. The van der Waals surface area contributed by atoms with Crippen molar-refractivity contribution in [3.05, 3.63) is 59.7 Å². The third-order valence-electron chi connectivity index (χ3n) is 2.87. The van der Waals surface area contributed by atoms with Crippen LogP contribution in [0.4, 0.5) is 5.69 Å². The Hall–Kier alpha value is -1.87. The van der Waals surface area contributed by atoms with Gasteiger partial charge in [-0.25, -0.2) is 4.99 Å². The minimum Gasteiger partial charge on any atom is -0.286 e. The number of thioether (sulfide) groups is 1. The van der Waals surface area contributed by atoms with Crippen LogP contribution < -0.4 is 0 Å². The van der Waals surface area contributed by atoms with E-state index in [0.717, 1.165) is 21.7 Å². The molecule has 1 aliphatic heterocycles. The summed E-state index contributed by atoms with van der Waals surface area (Å²) in [5, 5.41) is 0.561. The van der Waals surface area contributed by atoms with Crippen molar-refractivity contribution >= 4 is 28.3 Å². The topological polar surface area (TPSA) is 29.4 Å². The quantitative estimate of drug-likeness (QED) is 0.768. The van der Waals surface area contributed by atoms with Crippen molar-refractivity contribution in [2.24, 2.45) is 4.99 Å². The molecule has 0 bridgehead atoms. The van der Waals surface area contributed by atoms with Gasteiger partial charge in [0.25, 0.3) is 0 Å². The molecule has 18 heavy (non-hydrogen) atoms. The number of para-hydroxylation sites is 1. The minimum absolute atomic E-state index is 0.0267. The summed E-state index contributed by atoms with van der Waals surface area (Å²) in [5.41, 5.74) is 2.70. The van der Waals surface area contributed by atoms with Gasteiger partial charge in [0, 0.05) is 10.5 Å². The number of nitrogens with zero attached hydrogens (tertiary/aromatic N) is 1. The highest BCUT2D eigenvalue weighted by molar-refractivity contribution is 8.16. The van der Waals surface area contributed by atoms with Crippen LogP contribution in [0.3, 0.4) is 0 Å². The predicted molar refractivity (Wildman–Crippen MR) is 74.9 cm³/mol. The van der Waals surface area contributed by atoms with E-state index in [2.05, 4.69) is 4.99 Å². The number of fused-ring (bicyclic) bond motifs is 1. The van der Waals surface area contributed by atoms with E-state index in [1.54, 1.807) is 0 Å². The lowest BCUT2D eigenvalue weighted by Gasteiger charge is -1.99. The Kier molecular flexibility index (Phi) is 2.76. The van der Waals surface area contributed by atoms with Gasteiger partial charge in [-0.15, -0.1) is 0 Å². The van der Waals surface area contributed by atoms with Crippen molar-refractivity contribution < 1.29 is 4.79 Å². The Morgan fingerprint density at radius 2 is 1.72 bits per heavy atom. The maximum Gasteiger partial charge on any atom is 0.219 e. The highest BCUT2D eigenvalue weighted by atomic mass is 32.2. The molecular formula is C15H11NOS. The second-order valence-corrected chi connectivity index (χ2v) is 5.16. The van der Waals surface area contributed by atoms with E-state index in [9.17, 15) is 4.79 Å². The molecule has 0 aliphatic carbocycles. The minimum atomic E-state index is 0.0267. The van der Waals surface area contributed by atoms with Gasteiger partial charge in [0.05, 0.1) is 5.69 Å². The van der Waals surface area contributed by atoms with E-state index in [0.29, 0.717) is 5.04 Å².